The molecule has 14 nitrogen and oxygen atoms in total. The number of urea groups is 1. The number of aromatic nitrogens is 4. The predicted octanol–water partition coefficient (Wildman–Crippen LogP) is 4.84. The number of aromatic amines is 1. The molecule has 3 aliphatic rings. The van der Waals surface area contributed by atoms with Crippen LogP contribution < -0.4 is 10.1 Å². The van der Waals surface area contributed by atoms with Crippen molar-refractivity contribution < 1.29 is 29.0 Å². The molecule has 0 spiro atoms. The minimum atomic E-state index is -1.10. The lowest BCUT2D eigenvalue weighted by atomic mass is 9.76. The molecule has 4 aromatic rings. The first-order valence-electron chi connectivity index (χ1n) is 17.9. The van der Waals surface area contributed by atoms with Gasteiger partial charge in [-0.2, -0.15) is 15.4 Å². The molecule has 54 heavy (non-hydrogen) atoms. The van der Waals surface area contributed by atoms with Crippen molar-refractivity contribution in [3.8, 4) is 17.0 Å². The van der Waals surface area contributed by atoms with Crippen LogP contribution in [0.2, 0.25) is 10.0 Å². The average Bonchev–Trinajstić information content (AvgIpc) is 3.91. The molecule has 3 amide bonds. The van der Waals surface area contributed by atoms with Crippen molar-refractivity contribution in [2.24, 2.45) is 0 Å². The van der Waals surface area contributed by atoms with E-state index in [1.54, 1.807) is 31.6 Å². The van der Waals surface area contributed by atoms with Gasteiger partial charge in [0.15, 0.2) is 6.04 Å². The maximum Gasteiger partial charge on any atom is 0.328 e. The number of H-pyrrole nitrogens is 1. The molecule has 2 aromatic carbocycles. The molecular weight excluding hydrogens is 735 g/mol. The van der Waals surface area contributed by atoms with Gasteiger partial charge in [0.1, 0.15) is 11.4 Å². The van der Waals surface area contributed by atoms with Gasteiger partial charge in [-0.1, -0.05) is 35.3 Å². The van der Waals surface area contributed by atoms with E-state index < -0.39 is 29.0 Å². The highest BCUT2D eigenvalue weighted by Crippen LogP contribution is 2.42. The Labute approximate surface area is 322 Å². The summed E-state index contributed by atoms with van der Waals surface area (Å²) < 4.78 is 11.0. The lowest BCUT2D eigenvalue weighted by Crippen LogP contribution is -2.61. The molecule has 7 rings (SSSR count). The third kappa shape index (κ3) is 7.61. The highest BCUT2D eigenvalue weighted by atomic mass is 35.5. The average molecular weight is 778 g/mol. The molecule has 2 unspecified atom stereocenters. The summed E-state index contributed by atoms with van der Waals surface area (Å²) in [7, 11) is 1.55. The fourth-order valence-electron chi connectivity index (χ4n) is 7.95. The van der Waals surface area contributed by atoms with E-state index in [-0.39, 0.29) is 25.7 Å². The standard InChI is InChI=1S/C38H42Cl2N8O6/c1-53-32-8-5-25(30-22-42-45-44-30)20-27(32)34(49)47-17-10-37(24-47,26-6-7-28(39)29(40)21-26)9-14-46-15-11-38(12-16-46,33-4-2-3-13-41-33)43-36(52)48-18-19-54-23-31(48)35(50)51/h2-8,13,20-22,31H,9-12,14-19,23-24H2,1H3,(H,43,52)(H,50,51)(H,42,44,45). The molecule has 3 aliphatic heterocycles. The maximum absolute atomic E-state index is 14.2. The van der Waals surface area contributed by atoms with Crippen molar-refractivity contribution >= 4 is 41.1 Å². The number of amides is 3. The molecule has 0 saturated carbocycles. The number of benzene rings is 2. The number of hydrogen-bond acceptors (Lipinski definition) is 9. The van der Waals surface area contributed by atoms with Gasteiger partial charge in [-0.05, 0) is 80.3 Å². The minimum Gasteiger partial charge on any atom is -0.496 e. The molecule has 0 aliphatic carbocycles. The number of nitrogens with zero attached hydrogens (tertiary/aromatic N) is 6. The van der Waals surface area contributed by atoms with E-state index in [2.05, 4.69) is 30.6 Å². The van der Waals surface area contributed by atoms with Gasteiger partial charge in [0, 0.05) is 49.9 Å². The van der Waals surface area contributed by atoms with Crippen LogP contribution in [0.4, 0.5) is 4.79 Å². The van der Waals surface area contributed by atoms with E-state index in [0.717, 1.165) is 29.8 Å². The molecule has 0 bridgehead atoms. The Morgan fingerprint density at radius 2 is 1.87 bits per heavy atom. The molecule has 3 saturated heterocycles. The van der Waals surface area contributed by atoms with Crippen LogP contribution >= 0.6 is 23.2 Å². The topological polar surface area (TPSA) is 166 Å². The van der Waals surface area contributed by atoms with Crippen LogP contribution in [-0.2, 0) is 20.5 Å². The maximum atomic E-state index is 14.2. The second-order valence-electron chi connectivity index (χ2n) is 14.1. The molecular formula is C38H42Cl2N8O6. The van der Waals surface area contributed by atoms with Gasteiger partial charge in [0.05, 0.1) is 53.4 Å². The van der Waals surface area contributed by atoms with Crippen molar-refractivity contribution in [2.75, 3.05) is 59.6 Å². The van der Waals surface area contributed by atoms with Crippen LogP contribution in [0.25, 0.3) is 11.3 Å². The zero-order valence-electron chi connectivity index (χ0n) is 29.8. The van der Waals surface area contributed by atoms with Gasteiger partial charge in [0.2, 0.25) is 0 Å². The number of ether oxygens (including phenoxy) is 2. The number of aliphatic carboxylic acids is 1. The van der Waals surface area contributed by atoms with Crippen LogP contribution in [0.3, 0.4) is 0 Å². The third-order valence-corrected chi connectivity index (χ3v) is 11.8. The normalized spacial score (nSPS) is 21.5. The first kappa shape index (κ1) is 37.6. The predicted molar refractivity (Wildman–Crippen MR) is 201 cm³/mol. The van der Waals surface area contributed by atoms with E-state index in [4.69, 9.17) is 32.7 Å². The molecule has 284 valence electrons. The zero-order chi connectivity index (χ0) is 37.9. The van der Waals surface area contributed by atoms with E-state index in [1.807, 2.05) is 47.4 Å². The second kappa shape index (κ2) is 15.9. The summed E-state index contributed by atoms with van der Waals surface area (Å²) in [6.45, 7) is 3.45. The van der Waals surface area contributed by atoms with Crippen LogP contribution in [0.1, 0.15) is 47.3 Å². The van der Waals surface area contributed by atoms with Gasteiger partial charge in [-0.25, -0.2) is 9.59 Å². The SMILES string of the molecule is COc1ccc(-c2cn[nH]n2)cc1C(=O)N1CCC(CCN2CCC(NC(=O)N3CCOCC3C(=O)O)(c3ccccn3)CC2)(c2ccc(Cl)c(Cl)c2)C1. The Kier molecular flexibility index (Phi) is 11.1. The highest BCUT2D eigenvalue weighted by molar-refractivity contribution is 6.42. The van der Waals surface area contributed by atoms with Crippen LogP contribution in [0.5, 0.6) is 5.75 Å². The molecule has 16 heteroatoms. The number of carbonyl (C=O) groups excluding carboxylic acids is 2. The number of hydrogen-bond donors (Lipinski definition) is 3. The van der Waals surface area contributed by atoms with Crippen molar-refractivity contribution in [2.45, 2.75) is 42.7 Å². The van der Waals surface area contributed by atoms with Crippen molar-refractivity contribution in [1.29, 1.82) is 0 Å². The smallest absolute Gasteiger partial charge is 0.328 e. The summed E-state index contributed by atoms with van der Waals surface area (Å²) in [5.74, 6) is -0.768. The van der Waals surface area contributed by atoms with Gasteiger partial charge in [-0.3, -0.25) is 9.78 Å². The summed E-state index contributed by atoms with van der Waals surface area (Å²) in [5.41, 5.74) is 2.37. The van der Waals surface area contributed by atoms with Gasteiger partial charge in [0.25, 0.3) is 5.91 Å². The Morgan fingerprint density at radius 3 is 2.57 bits per heavy atom. The largest absolute Gasteiger partial charge is 0.496 e. The Morgan fingerprint density at radius 1 is 1.04 bits per heavy atom. The van der Waals surface area contributed by atoms with Crippen molar-refractivity contribution in [3.63, 3.8) is 0 Å². The molecule has 2 atom stereocenters. The van der Waals surface area contributed by atoms with E-state index in [1.165, 1.54) is 4.90 Å². The first-order valence-corrected chi connectivity index (χ1v) is 18.7. The monoisotopic (exact) mass is 776 g/mol. The number of rotatable bonds is 10. The molecule has 0 radical (unpaired) electrons. The number of nitrogens with one attached hydrogen (secondary N) is 2. The van der Waals surface area contributed by atoms with E-state index >= 15 is 0 Å². The number of halogens is 2. The lowest BCUT2D eigenvalue weighted by Gasteiger charge is -2.44. The fourth-order valence-corrected chi connectivity index (χ4v) is 8.25. The highest BCUT2D eigenvalue weighted by Gasteiger charge is 2.45. The van der Waals surface area contributed by atoms with Crippen LogP contribution in [-0.4, -0.2) is 124 Å². The van der Waals surface area contributed by atoms with Crippen molar-refractivity contribution in [3.05, 3.63) is 93.9 Å². The summed E-state index contributed by atoms with van der Waals surface area (Å²) >= 11 is 12.9. The molecule has 5 heterocycles. The van der Waals surface area contributed by atoms with Gasteiger partial charge >= 0.3 is 12.0 Å². The summed E-state index contributed by atoms with van der Waals surface area (Å²) in [5, 5.41) is 24.6. The molecule has 2 aromatic heterocycles. The Balaban J connectivity index is 1.09. The minimum absolute atomic E-state index is 0.0561. The fraction of sp³-hybridized carbons (Fsp3) is 0.421. The number of carboxylic acid groups (broad SMARTS) is 1. The van der Waals surface area contributed by atoms with Gasteiger partial charge in [-0.15, -0.1) is 0 Å². The van der Waals surface area contributed by atoms with Crippen LogP contribution in [0, 0.1) is 0 Å². The number of piperidine rings is 1. The number of methoxy groups -OCH3 is 1. The molecule has 3 fully saturated rings. The summed E-state index contributed by atoms with van der Waals surface area (Å²) in [4.78, 5) is 50.1. The number of morpholine rings is 1. The number of carbonyl (C=O) groups is 3. The van der Waals surface area contributed by atoms with Crippen molar-refractivity contribution in [1.82, 2.24) is 40.4 Å². The number of carboxylic acids is 1. The quantitative estimate of drug-likeness (QED) is 0.203. The molecule has 3 N–H and O–H groups in total. The van der Waals surface area contributed by atoms with E-state index in [0.29, 0.717) is 72.5 Å². The van der Waals surface area contributed by atoms with E-state index in [9.17, 15) is 19.5 Å². The lowest BCUT2D eigenvalue weighted by molar-refractivity contribution is -0.147. The summed E-state index contributed by atoms with van der Waals surface area (Å²) in [6.07, 6.45) is 5.91. The third-order valence-electron chi connectivity index (χ3n) is 11.1. The number of likely N-dealkylation sites (tertiary alicyclic amines) is 2. The first-order chi connectivity index (χ1) is 26.1. The zero-order valence-corrected chi connectivity index (χ0v) is 31.4. The second-order valence-corrected chi connectivity index (χ2v) is 14.9. The summed E-state index contributed by atoms with van der Waals surface area (Å²) in [6, 6.07) is 15.3. The van der Waals surface area contributed by atoms with Gasteiger partial charge < -0.3 is 34.6 Å². The Hall–Kier alpha value is -4.76. The Bertz CT molecular complexity index is 1980. The van der Waals surface area contributed by atoms with Crippen LogP contribution in [0.15, 0.2) is 67.0 Å². The number of pyridine rings is 1.